The molecule has 11 heteroatoms. The molecule has 1 amide bonds. The van der Waals surface area contributed by atoms with E-state index >= 15 is 4.39 Å². The van der Waals surface area contributed by atoms with E-state index in [9.17, 15) is 14.4 Å². The first-order valence-electron chi connectivity index (χ1n) is 11.0. The molecular weight excluding hydrogens is 448 g/mol. The zero-order valence-corrected chi connectivity index (χ0v) is 18.5. The van der Waals surface area contributed by atoms with E-state index < -0.39 is 17.7 Å². The molecule has 0 spiro atoms. The van der Waals surface area contributed by atoms with Crippen LogP contribution in [0.5, 0.6) is 5.88 Å². The van der Waals surface area contributed by atoms with Gasteiger partial charge in [-0.25, -0.2) is 14.2 Å². The molecule has 2 aliphatic heterocycles. The molecule has 0 radical (unpaired) electrons. The Morgan fingerprint density at radius 1 is 1.26 bits per heavy atom. The summed E-state index contributed by atoms with van der Waals surface area (Å²) in [5.41, 5.74) is -0.153. The average Bonchev–Trinajstić information content (AvgIpc) is 3.53. The number of likely N-dealkylation sites (tertiary alicyclic amines) is 1. The number of fused-ring (bicyclic) bond motifs is 2. The number of carbonyl (C=O) groups excluding carboxylic acids is 1. The van der Waals surface area contributed by atoms with Crippen molar-refractivity contribution < 1.29 is 27.8 Å². The number of carbonyl (C=O) groups is 1. The van der Waals surface area contributed by atoms with Crippen LogP contribution in [0, 0.1) is 34.8 Å². The Morgan fingerprint density at radius 3 is 2.68 bits per heavy atom. The lowest BCUT2D eigenvalue weighted by Gasteiger charge is -2.46. The van der Waals surface area contributed by atoms with Gasteiger partial charge in [0.1, 0.15) is 29.9 Å². The molecule has 9 nitrogen and oxygen atoms in total. The number of aromatic nitrogens is 2. The molecule has 3 fully saturated rings. The van der Waals surface area contributed by atoms with Gasteiger partial charge in [-0.15, -0.1) is 0 Å². The number of hydrogen-bond acceptors (Lipinski definition) is 8. The average molecular weight is 471 g/mol. The molecule has 1 aromatic carbocycles. The highest BCUT2D eigenvalue weighted by atomic mass is 19.1. The van der Waals surface area contributed by atoms with Crippen LogP contribution in [0.25, 0.3) is 0 Å². The van der Waals surface area contributed by atoms with Gasteiger partial charge in [0.2, 0.25) is 5.82 Å². The standard InChI is InChI=1S/C23H23F2N5O4/c1-23(4-5-23)34-22(31)30-8-14-10-32-11-15(9-30)19(14)33-21-18(25)20(27-12-28-21)29-17-3-2-16(24)6-13(17)7-26/h2-3,6,12,14-15,19H,4-5,8-11H2,1H3,(H,27,28,29). The number of nitrogens with one attached hydrogen (secondary N) is 1. The second-order valence-electron chi connectivity index (χ2n) is 9.13. The molecule has 1 aliphatic carbocycles. The highest BCUT2D eigenvalue weighted by molar-refractivity contribution is 5.69. The Morgan fingerprint density at radius 2 is 2.00 bits per heavy atom. The molecule has 34 heavy (non-hydrogen) atoms. The molecule has 1 N–H and O–H groups in total. The van der Waals surface area contributed by atoms with Crippen molar-refractivity contribution in [3.05, 3.63) is 41.7 Å². The fraction of sp³-hybridized carbons (Fsp3) is 0.478. The summed E-state index contributed by atoms with van der Waals surface area (Å²) < 4.78 is 45.9. The molecule has 2 saturated heterocycles. The van der Waals surface area contributed by atoms with E-state index in [1.54, 1.807) is 4.90 Å². The SMILES string of the molecule is CC1(OC(=O)N2CC3COCC(C2)C3Oc2ncnc(Nc3ccc(F)cc3C#N)c2F)CC1. The molecule has 1 saturated carbocycles. The summed E-state index contributed by atoms with van der Waals surface area (Å²) >= 11 is 0. The van der Waals surface area contributed by atoms with E-state index in [1.807, 2.05) is 13.0 Å². The first kappa shape index (κ1) is 22.3. The van der Waals surface area contributed by atoms with Gasteiger partial charge < -0.3 is 24.4 Å². The minimum atomic E-state index is -0.835. The van der Waals surface area contributed by atoms with Crippen molar-refractivity contribution in [3.63, 3.8) is 0 Å². The van der Waals surface area contributed by atoms with E-state index in [1.165, 1.54) is 6.07 Å². The van der Waals surface area contributed by atoms with Crippen LogP contribution >= 0.6 is 0 Å². The van der Waals surface area contributed by atoms with Gasteiger partial charge >= 0.3 is 6.09 Å². The quantitative estimate of drug-likeness (QED) is 0.707. The van der Waals surface area contributed by atoms with Crippen LogP contribution in [0.1, 0.15) is 25.3 Å². The number of anilines is 2. The van der Waals surface area contributed by atoms with Crippen molar-refractivity contribution in [3.8, 4) is 11.9 Å². The lowest BCUT2D eigenvalue weighted by atomic mass is 9.84. The van der Waals surface area contributed by atoms with Gasteiger partial charge in [-0.05, 0) is 38.0 Å². The smallest absolute Gasteiger partial charge is 0.410 e. The zero-order chi connectivity index (χ0) is 23.9. The van der Waals surface area contributed by atoms with Crippen LogP contribution in [0.4, 0.5) is 25.1 Å². The first-order chi connectivity index (χ1) is 16.3. The van der Waals surface area contributed by atoms with Crippen LogP contribution in [0.3, 0.4) is 0 Å². The largest absolute Gasteiger partial charge is 0.471 e. The second kappa shape index (κ2) is 8.68. The zero-order valence-electron chi connectivity index (χ0n) is 18.5. The number of benzene rings is 1. The van der Waals surface area contributed by atoms with Crippen molar-refractivity contribution in [1.29, 1.82) is 5.26 Å². The third-order valence-corrected chi connectivity index (χ3v) is 6.41. The highest BCUT2D eigenvalue weighted by Crippen LogP contribution is 2.40. The molecule has 2 atom stereocenters. The van der Waals surface area contributed by atoms with E-state index in [0.717, 1.165) is 31.3 Å². The van der Waals surface area contributed by atoms with Gasteiger partial charge in [0.25, 0.3) is 5.88 Å². The maximum absolute atomic E-state index is 15.2. The lowest BCUT2D eigenvalue weighted by molar-refractivity contribution is -0.112. The maximum Gasteiger partial charge on any atom is 0.410 e. The van der Waals surface area contributed by atoms with Gasteiger partial charge in [0.15, 0.2) is 5.82 Å². The fourth-order valence-corrected chi connectivity index (χ4v) is 4.29. The molecule has 3 aliphatic rings. The van der Waals surface area contributed by atoms with Crippen LogP contribution in [0.2, 0.25) is 0 Å². The van der Waals surface area contributed by atoms with Crippen LogP contribution in [0.15, 0.2) is 24.5 Å². The van der Waals surface area contributed by atoms with E-state index in [2.05, 4.69) is 15.3 Å². The van der Waals surface area contributed by atoms with Gasteiger partial charge in [-0.2, -0.15) is 14.6 Å². The molecule has 2 aromatic rings. The van der Waals surface area contributed by atoms with Gasteiger partial charge in [-0.3, -0.25) is 0 Å². The summed E-state index contributed by atoms with van der Waals surface area (Å²) in [5.74, 6) is -2.22. The van der Waals surface area contributed by atoms with Gasteiger partial charge in [0.05, 0.1) is 24.5 Å². The van der Waals surface area contributed by atoms with E-state index in [0.29, 0.717) is 26.3 Å². The minimum Gasteiger partial charge on any atom is -0.471 e. The summed E-state index contributed by atoms with van der Waals surface area (Å²) in [7, 11) is 0. The lowest BCUT2D eigenvalue weighted by Crippen LogP contribution is -2.59. The summed E-state index contributed by atoms with van der Waals surface area (Å²) in [6.45, 7) is 3.38. The summed E-state index contributed by atoms with van der Waals surface area (Å²) in [5, 5.41) is 11.9. The van der Waals surface area contributed by atoms with Crippen molar-refractivity contribution in [2.75, 3.05) is 31.6 Å². The summed E-state index contributed by atoms with van der Waals surface area (Å²) in [6.07, 6.45) is 2.12. The Kier molecular flexibility index (Phi) is 5.69. The third kappa shape index (κ3) is 4.46. The molecule has 5 rings (SSSR count). The number of halogens is 2. The van der Waals surface area contributed by atoms with Crippen molar-refractivity contribution in [1.82, 2.24) is 14.9 Å². The number of nitrogens with zero attached hydrogens (tertiary/aromatic N) is 4. The summed E-state index contributed by atoms with van der Waals surface area (Å²) in [4.78, 5) is 22.1. The van der Waals surface area contributed by atoms with Gasteiger partial charge in [0, 0.05) is 24.9 Å². The topological polar surface area (TPSA) is 110 Å². The number of piperidine rings is 1. The molecule has 2 bridgehead atoms. The van der Waals surface area contributed by atoms with Gasteiger partial charge in [-0.1, -0.05) is 0 Å². The minimum absolute atomic E-state index is 0.00600. The molecule has 178 valence electrons. The Labute approximate surface area is 194 Å². The molecular formula is C23H23F2N5O4. The van der Waals surface area contributed by atoms with E-state index in [4.69, 9.17) is 14.2 Å². The predicted molar refractivity (Wildman–Crippen MR) is 114 cm³/mol. The molecule has 1 aromatic heterocycles. The van der Waals surface area contributed by atoms with Crippen LogP contribution < -0.4 is 10.1 Å². The molecule has 3 heterocycles. The number of nitriles is 1. The Balaban J connectivity index is 1.31. The summed E-state index contributed by atoms with van der Waals surface area (Å²) in [6, 6.07) is 5.39. The predicted octanol–water partition coefficient (Wildman–Crippen LogP) is 3.38. The van der Waals surface area contributed by atoms with Crippen LogP contribution in [-0.4, -0.2) is 59.0 Å². The fourth-order valence-electron chi connectivity index (χ4n) is 4.29. The number of hydrogen-bond donors (Lipinski definition) is 1. The Bertz CT molecular complexity index is 1140. The van der Waals surface area contributed by atoms with Crippen LogP contribution in [-0.2, 0) is 9.47 Å². The Hall–Kier alpha value is -3.52. The van der Waals surface area contributed by atoms with E-state index in [-0.39, 0.29) is 46.5 Å². The van der Waals surface area contributed by atoms with Crippen molar-refractivity contribution in [2.24, 2.45) is 11.8 Å². The monoisotopic (exact) mass is 471 g/mol. The maximum atomic E-state index is 15.2. The second-order valence-corrected chi connectivity index (χ2v) is 9.13. The first-order valence-corrected chi connectivity index (χ1v) is 11.0. The molecule has 2 unspecified atom stereocenters. The number of amides is 1. The number of ether oxygens (including phenoxy) is 3. The normalized spacial score (nSPS) is 24.6. The highest BCUT2D eigenvalue weighted by Gasteiger charge is 2.47. The van der Waals surface area contributed by atoms with Crippen molar-refractivity contribution in [2.45, 2.75) is 31.5 Å². The number of rotatable bonds is 5. The third-order valence-electron chi connectivity index (χ3n) is 6.41. The van der Waals surface area contributed by atoms with Crippen molar-refractivity contribution >= 4 is 17.6 Å².